The zero-order chi connectivity index (χ0) is 13.8. The summed E-state index contributed by atoms with van der Waals surface area (Å²) in [5.41, 5.74) is 2.12. The standard InChI is InChI=1S/C14H15ClN4O/c15-13-8-18-14(9-17-13)19-11-3-1-10(2-4-11)12-7-16-5-6-20-12/h1-4,8-9,12,16H,5-7H2,(H,18,19). The van der Waals surface area contributed by atoms with E-state index in [2.05, 4.69) is 32.7 Å². The summed E-state index contributed by atoms with van der Waals surface area (Å²) in [6, 6.07) is 8.12. The second-order valence-electron chi connectivity index (χ2n) is 4.53. The highest BCUT2D eigenvalue weighted by Crippen LogP contribution is 2.22. The summed E-state index contributed by atoms with van der Waals surface area (Å²) in [7, 11) is 0. The van der Waals surface area contributed by atoms with Crippen LogP contribution in [-0.4, -0.2) is 29.7 Å². The van der Waals surface area contributed by atoms with Gasteiger partial charge in [0.25, 0.3) is 0 Å². The minimum absolute atomic E-state index is 0.133. The van der Waals surface area contributed by atoms with Crippen LogP contribution < -0.4 is 10.6 Å². The van der Waals surface area contributed by atoms with Gasteiger partial charge in [-0.1, -0.05) is 23.7 Å². The van der Waals surface area contributed by atoms with Crippen LogP contribution in [0.3, 0.4) is 0 Å². The largest absolute Gasteiger partial charge is 0.371 e. The Morgan fingerprint density at radius 1 is 1.20 bits per heavy atom. The lowest BCUT2D eigenvalue weighted by molar-refractivity contribution is 0.0277. The van der Waals surface area contributed by atoms with E-state index in [-0.39, 0.29) is 6.10 Å². The summed E-state index contributed by atoms with van der Waals surface area (Å²) in [4.78, 5) is 8.12. The number of hydrogen-bond acceptors (Lipinski definition) is 5. The van der Waals surface area contributed by atoms with Gasteiger partial charge in [0.1, 0.15) is 11.0 Å². The van der Waals surface area contributed by atoms with Crippen molar-refractivity contribution in [2.45, 2.75) is 6.10 Å². The smallest absolute Gasteiger partial charge is 0.148 e. The molecule has 0 aliphatic carbocycles. The molecule has 2 heterocycles. The predicted molar refractivity (Wildman–Crippen MR) is 78.3 cm³/mol. The first-order valence-electron chi connectivity index (χ1n) is 6.48. The van der Waals surface area contributed by atoms with E-state index >= 15 is 0 Å². The number of nitrogens with one attached hydrogen (secondary N) is 2. The Labute approximate surface area is 122 Å². The van der Waals surface area contributed by atoms with Crippen LogP contribution in [0.25, 0.3) is 0 Å². The van der Waals surface area contributed by atoms with Gasteiger partial charge in [0.15, 0.2) is 0 Å². The van der Waals surface area contributed by atoms with Crippen molar-refractivity contribution in [2.75, 3.05) is 25.0 Å². The highest BCUT2D eigenvalue weighted by Gasteiger charge is 2.15. The van der Waals surface area contributed by atoms with Gasteiger partial charge >= 0.3 is 0 Å². The average molecular weight is 291 g/mol. The molecule has 2 N–H and O–H groups in total. The van der Waals surface area contributed by atoms with E-state index in [1.54, 1.807) is 6.20 Å². The third-order valence-electron chi connectivity index (χ3n) is 3.10. The molecule has 1 fully saturated rings. The summed E-state index contributed by atoms with van der Waals surface area (Å²) >= 11 is 5.70. The van der Waals surface area contributed by atoms with Gasteiger partial charge in [-0.25, -0.2) is 9.97 Å². The second kappa shape index (κ2) is 6.17. The van der Waals surface area contributed by atoms with E-state index in [9.17, 15) is 0 Å². The fraction of sp³-hybridized carbons (Fsp3) is 0.286. The molecule has 1 aliphatic heterocycles. The molecule has 1 saturated heterocycles. The monoisotopic (exact) mass is 290 g/mol. The fourth-order valence-corrected chi connectivity index (χ4v) is 2.18. The second-order valence-corrected chi connectivity index (χ2v) is 4.92. The molecule has 1 aliphatic rings. The molecule has 104 valence electrons. The molecule has 5 nitrogen and oxygen atoms in total. The molecular formula is C14H15ClN4O. The number of nitrogens with zero attached hydrogens (tertiary/aromatic N) is 2. The topological polar surface area (TPSA) is 59.1 Å². The molecule has 0 spiro atoms. The lowest BCUT2D eigenvalue weighted by Crippen LogP contribution is -2.33. The number of anilines is 2. The Bertz CT molecular complexity index is 552. The van der Waals surface area contributed by atoms with Crippen molar-refractivity contribution in [1.82, 2.24) is 15.3 Å². The highest BCUT2D eigenvalue weighted by atomic mass is 35.5. The number of benzene rings is 1. The summed E-state index contributed by atoms with van der Waals surface area (Å²) in [6.07, 6.45) is 3.25. The van der Waals surface area contributed by atoms with Gasteiger partial charge in [0.2, 0.25) is 0 Å². The number of ether oxygens (including phenoxy) is 1. The minimum atomic E-state index is 0.133. The first-order valence-corrected chi connectivity index (χ1v) is 6.86. The van der Waals surface area contributed by atoms with Crippen LogP contribution in [0.5, 0.6) is 0 Å². The van der Waals surface area contributed by atoms with Gasteiger partial charge in [0, 0.05) is 18.8 Å². The van der Waals surface area contributed by atoms with Crippen molar-refractivity contribution in [3.05, 3.63) is 47.4 Å². The normalized spacial score (nSPS) is 18.8. The highest BCUT2D eigenvalue weighted by molar-refractivity contribution is 6.29. The Kier molecular flexibility index (Phi) is 4.11. The van der Waals surface area contributed by atoms with Gasteiger partial charge in [-0.15, -0.1) is 0 Å². The number of halogens is 1. The average Bonchev–Trinajstić information content (AvgIpc) is 2.51. The first kappa shape index (κ1) is 13.3. The zero-order valence-electron chi connectivity index (χ0n) is 10.8. The van der Waals surface area contributed by atoms with Crippen LogP contribution in [0, 0.1) is 0 Å². The van der Waals surface area contributed by atoms with Crippen molar-refractivity contribution in [3.8, 4) is 0 Å². The molecule has 6 heteroatoms. The summed E-state index contributed by atoms with van der Waals surface area (Å²) in [5, 5.41) is 6.88. The van der Waals surface area contributed by atoms with Crippen molar-refractivity contribution in [2.24, 2.45) is 0 Å². The summed E-state index contributed by atoms with van der Waals surface area (Å²) in [5.74, 6) is 0.665. The van der Waals surface area contributed by atoms with Crippen molar-refractivity contribution in [3.63, 3.8) is 0 Å². The van der Waals surface area contributed by atoms with Gasteiger partial charge < -0.3 is 15.4 Å². The Balaban J connectivity index is 1.67. The maximum Gasteiger partial charge on any atom is 0.148 e. The number of aromatic nitrogens is 2. The molecular weight excluding hydrogens is 276 g/mol. The fourth-order valence-electron chi connectivity index (χ4n) is 2.09. The third kappa shape index (κ3) is 3.25. The Morgan fingerprint density at radius 3 is 2.70 bits per heavy atom. The number of hydrogen-bond donors (Lipinski definition) is 2. The predicted octanol–water partition coefficient (Wildman–Crippen LogP) is 2.53. The molecule has 1 aromatic heterocycles. The van der Waals surface area contributed by atoms with Crippen LogP contribution in [0.2, 0.25) is 5.15 Å². The van der Waals surface area contributed by atoms with E-state index in [0.717, 1.165) is 25.4 Å². The van der Waals surface area contributed by atoms with Crippen LogP contribution in [-0.2, 0) is 4.74 Å². The van der Waals surface area contributed by atoms with Crippen molar-refractivity contribution in [1.29, 1.82) is 0 Å². The van der Waals surface area contributed by atoms with E-state index in [1.165, 1.54) is 11.8 Å². The third-order valence-corrected chi connectivity index (χ3v) is 3.30. The van der Waals surface area contributed by atoms with E-state index < -0.39 is 0 Å². The van der Waals surface area contributed by atoms with Crippen LogP contribution in [0.15, 0.2) is 36.7 Å². The molecule has 1 atom stereocenters. The van der Waals surface area contributed by atoms with Crippen LogP contribution in [0.4, 0.5) is 11.5 Å². The number of morpholine rings is 1. The lowest BCUT2D eigenvalue weighted by Gasteiger charge is -2.24. The van der Waals surface area contributed by atoms with E-state index in [0.29, 0.717) is 11.0 Å². The Hall–Kier alpha value is -1.69. The maximum atomic E-state index is 5.72. The van der Waals surface area contributed by atoms with E-state index in [1.807, 2.05) is 12.1 Å². The molecule has 0 radical (unpaired) electrons. The van der Waals surface area contributed by atoms with Crippen LogP contribution >= 0.6 is 11.6 Å². The minimum Gasteiger partial charge on any atom is -0.371 e. The molecule has 2 aromatic rings. The maximum absolute atomic E-state index is 5.72. The number of rotatable bonds is 3. The molecule has 0 bridgehead atoms. The van der Waals surface area contributed by atoms with Gasteiger partial charge in [-0.05, 0) is 17.7 Å². The summed E-state index contributed by atoms with van der Waals surface area (Å²) < 4.78 is 5.72. The van der Waals surface area contributed by atoms with Crippen LogP contribution in [0.1, 0.15) is 11.7 Å². The molecule has 1 aromatic carbocycles. The molecule has 0 amide bonds. The van der Waals surface area contributed by atoms with E-state index in [4.69, 9.17) is 16.3 Å². The SMILES string of the molecule is Clc1cnc(Nc2ccc(C3CNCCO3)cc2)cn1. The molecule has 3 rings (SSSR count). The molecule has 0 saturated carbocycles. The zero-order valence-corrected chi connectivity index (χ0v) is 11.6. The van der Waals surface area contributed by atoms with Gasteiger partial charge in [0.05, 0.1) is 25.1 Å². The lowest BCUT2D eigenvalue weighted by atomic mass is 10.1. The molecule has 1 unspecified atom stereocenters. The van der Waals surface area contributed by atoms with Gasteiger partial charge in [-0.3, -0.25) is 0 Å². The first-order chi connectivity index (χ1) is 9.81. The molecule has 20 heavy (non-hydrogen) atoms. The van der Waals surface area contributed by atoms with Crippen molar-refractivity contribution < 1.29 is 4.74 Å². The summed E-state index contributed by atoms with van der Waals surface area (Å²) in [6.45, 7) is 2.53. The van der Waals surface area contributed by atoms with Gasteiger partial charge in [-0.2, -0.15) is 0 Å². The van der Waals surface area contributed by atoms with Crippen molar-refractivity contribution >= 4 is 23.1 Å². The Morgan fingerprint density at radius 2 is 2.05 bits per heavy atom. The quantitative estimate of drug-likeness (QED) is 0.910.